The van der Waals surface area contributed by atoms with Crippen molar-refractivity contribution >= 4 is 5.91 Å². The minimum atomic E-state index is 0.0619. The molecule has 2 nitrogen and oxygen atoms in total. The molecule has 0 heterocycles. The van der Waals surface area contributed by atoms with Crippen LogP contribution < -0.4 is 5.32 Å². The standard InChI is InChI=1S/C9H17NO/c1-5-6-10-9(11)8(4)7(2)3/h5-6H2,1-4H3,(H,10,11). The van der Waals surface area contributed by atoms with Crippen LogP contribution in [-0.2, 0) is 4.79 Å². The maximum atomic E-state index is 11.2. The summed E-state index contributed by atoms with van der Waals surface area (Å²) in [6.45, 7) is 8.55. The van der Waals surface area contributed by atoms with Crippen LogP contribution >= 0.6 is 0 Å². The summed E-state index contributed by atoms with van der Waals surface area (Å²) in [7, 11) is 0. The molecule has 0 rings (SSSR count). The highest BCUT2D eigenvalue weighted by molar-refractivity contribution is 5.93. The summed E-state index contributed by atoms with van der Waals surface area (Å²) in [6, 6.07) is 0. The monoisotopic (exact) mass is 155 g/mol. The van der Waals surface area contributed by atoms with E-state index in [0.29, 0.717) is 0 Å². The molecule has 0 radical (unpaired) electrons. The van der Waals surface area contributed by atoms with Gasteiger partial charge < -0.3 is 5.32 Å². The fourth-order valence-electron chi connectivity index (χ4n) is 0.598. The lowest BCUT2D eigenvalue weighted by molar-refractivity contribution is -0.117. The predicted molar refractivity (Wildman–Crippen MR) is 47.3 cm³/mol. The van der Waals surface area contributed by atoms with Gasteiger partial charge in [-0.3, -0.25) is 4.79 Å². The molecule has 0 saturated carbocycles. The van der Waals surface area contributed by atoms with Gasteiger partial charge in [-0.1, -0.05) is 12.5 Å². The summed E-state index contributed by atoms with van der Waals surface area (Å²) in [5, 5.41) is 2.82. The molecule has 1 N–H and O–H groups in total. The van der Waals surface area contributed by atoms with Crippen molar-refractivity contribution in [2.75, 3.05) is 6.54 Å². The maximum absolute atomic E-state index is 11.2. The molecule has 0 spiro atoms. The van der Waals surface area contributed by atoms with E-state index in [2.05, 4.69) is 5.32 Å². The van der Waals surface area contributed by atoms with Gasteiger partial charge >= 0.3 is 0 Å². The second-order valence-electron chi connectivity index (χ2n) is 2.88. The summed E-state index contributed by atoms with van der Waals surface area (Å²) in [5.74, 6) is 0.0619. The van der Waals surface area contributed by atoms with E-state index in [0.717, 1.165) is 24.1 Å². The van der Waals surface area contributed by atoms with E-state index in [4.69, 9.17) is 0 Å². The number of rotatable bonds is 3. The van der Waals surface area contributed by atoms with Crippen molar-refractivity contribution < 1.29 is 4.79 Å². The van der Waals surface area contributed by atoms with Crippen molar-refractivity contribution in [2.24, 2.45) is 0 Å². The van der Waals surface area contributed by atoms with Crippen molar-refractivity contribution in [1.82, 2.24) is 5.32 Å². The summed E-state index contributed by atoms with van der Waals surface area (Å²) in [5.41, 5.74) is 1.91. The second kappa shape index (κ2) is 4.94. The Morgan fingerprint density at radius 1 is 1.27 bits per heavy atom. The van der Waals surface area contributed by atoms with Crippen LogP contribution in [0.3, 0.4) is 0 Å². The second-order valence-corrected chi connectivity index (χ2v) is 2.88. The lowest BCUT2D eigenvalue weighted by atomic mass is 10.1. The number of hydrogen-bond donors (Lipinski definition) is 1. The Kier molecular flexibility index (Phi) is 4.59. The van der Waals surface area contributed by atoms with Gasteiger partial charge in [0.1, 0.15) is 0 Å². The van der Waals surface area contributed by atoms with Gasteiger partial charge in [0.15, 0.2) is 0 Å². The SMILES string of the molecule is CCCNC(=O)C(C)=C(C)C. The van der Waals surface area contributed by atoms with Crippen LogP contribution in [-0.4, -0.2) is 12.5 Å². The molecule has 2 heteroatoms. The third-order valence-electron chi connectivity index (χ3n) is 1.63. The molecule has 0 saturated heterocycles. The van der Waals surface area contributed by atoms with Crippen molar-refractivity contribution in [3.63, 3.8) is 0 Å². The highest BCUT2D eigenvalue weighted by Gasteiger charge is 2.02. The van der Waals surface area contributed by atoms with E-state index in [-0.39, 0.29) is 5.91 Å². The number of hydrogen-bond acceptors (Lipinski definition) is 1. The van der Waals surface area contributed by atoms with Gasteiger partial charge in [-0.25, -0.2) is 0 Å². The number of allylic oxidation sites excluding steroid dienone is 1. The first-order valence-corrected chi connectivity index (χ1v) is 4.01. The average molecular weight is 155 g/mol. The molecule has 0 unspecified atom stereocenters. The Morgan fingerprint density at radius 2 is 1.82 bits per heavy atom. The number of nitrogens with one attached hydrogen (secondary N) is 1. The van der Waals surface area contributed by atoms with Crippen molar-refractivity contribution in [3.8, 4) is 0 Å². The molecule has 0 aromatic carbocycles. The van der Waals surface area contributed by atoms with Crippen molar-refractivity contribution in [2.45, 2.75) is 34.1 Å². The molecule has 11 heavy (non-hydrogen) atoms. The van der Waals surface area contributed by atoms with Crippen molar-refractivity contribution in [1.29, 1.82) is 0 Å². The summed E-state index contributed by atoms with van der Waals surface area (Å²) < 4.78 is 0. The fourth-order valence-corrected chi connectivity index (χ4v) is 0.598. The zero-order valence-corrected chi connectivity index (χ0v) is 7.82. The Morgan fingerprint density at radius 3 is 2.18 bits per heavy atom. The van der Waals surface area contributed by atoms with E-state index < -0.39 is 0 Å². The van der Waals surface area contributed by atoms with E-state index in [1.54, 1.807) is 0 Å². The largest absolute Gasteiger partial charge is 0.352 e. The molecule has 64 valence electrons. The quantitative estimate of drug-likeness (QED) is 0.619. The molecule has 0 aliphatic carbocycles. The van der Waals surface area contributed by atoms with Crippen LogP contribution in [0, 0.1) is 0 Å². The Hall–Kier alpha value is -0.790. The first-order valence-electron chi connectivity index (χ1n) is 4.01. The van der Waals surface area contributed by atoms with Gasteiger partial charge in [0.2, 0.25) is 5.91 Å². The Labute approximate surface area is 68.7 Å². The van der Waals surface area contributed by atoms with Crippen LogP contribution in [0.1, 0.15) is 34.1 Å². The summed E-state index contributed by atoms with van der Waals surface area (Å²) in [4.78, 5) is 11.2. The molecule has 0 aliphatic heterocycles. The Balaban J connectivity index is 3.95. The van der Waals surface area contributed by atoms with Crippen LogP contribution in [0.25, 0.3) is 0 Å². The van der Waals surface area contributed by atoms with Crippen LogP contribution in [0.2, 0.25) is 0 Å². The summed E-state index contributed by atoms with van der Waals surface area (Å²) in [6.07, 6.45) is 0.988. The zero-order chi connectivity index (χ0) is 8.85. The van der Waals surface area contributed by atoms with E-state index >= 15 is 0 Å². The molecule has 0 fully saturated rings. The van der Waals surface area contributed by atoms with Crippen LogP contribution in [0.15, 0.2) is 11.1 Å². The molecule has 0 aromatic heterocycles. The fraction of sp³-hybridized carbons (Fsp3) is 0.667. The average Bonchev–Trinajstić information content (AvgIpc) is 1.98. The number of amides is 1. The molecule has 0 atom stereocenters. The minimum absolute atomic E-state index is 0.0619. The lowest BCUT2D eigenvalue weighted by Crippen LogP contribution is -2.25. The molecule has 1 amide bonds. The van der Waals surface area contributed by atoms with Gasteiger partial charge in [0.25, 0.3) is 0 Å². The van der Waals surface area contributed by atoms with Crippen LogP contribution in [0.4, 0.5) is 0 Å². The molecular formula is C9H17NO. The highest BCUT2D eigenvalue weighted by Crippen LogP contribution is 2.00. The molecule has 0 bridgehead atoms. The third-order valence-corrected chi connectivity index (χ3v) is 1.63. The van der Waals surface area contributed by atoms with E-state index in [1.165, 1.54) is 0 Å². The normalized spacial score (nSPS) is 9.09. The van der Waals surface area contributed by atoms with Gasteiger partial charge in [0.05, 0.1) is 0 Å². The van der Waals surface area contributed by atoms with E-state index in [9.17, 15) is 4.79 Å². The molecule has 0 aliphatic rings. The summed E-state index contributed by atoms with van der Waals surface area (Å²) >= 11 is 0. The first kappa shape index (κ1) is 10.2. The Bertz CT molecular complexity index is 166. The topological polar surface area (TPSA) is 29.1 Å². The minimum Gasteiger partial charge on any atom is -0.352 e. The van der Waals surface area contributed by atoms with E-state index in [1.807, 2.05) is 27.7 Å². The zero-order valence-electron chi connectivity index (χ0n) is 7.82. The van der Waals surface area contributed by atoms with Gasteiger partial charge in [0, 0.05) is 12.1 Å². The van der Waals surface area contributed by atoms with Gasteiger partial charge in [-0.15, -0.1) is 0 Å². The van der Waals surface area contributed by atoms with Crippen LogP contribution in [0.5, 0.6) is 0 Å². The first-order chi connectivity index (χ1) is 5.09. The lowest BCUT2D eigenvalue weighted by Gasteiger charge is -2.04. The number of carbonyl (C=O) groups excluding carboxylic acids is 1. The third kappa shape index (κ3) is 3.81. The predicted octanol–water partition coefficient (Wildman–Crippen LogP) is 1.87. The van der Waals surface area contributed by atoms with Crippen molar-refractivity contribution in [3.05, 3.63) is 11.1 Å². The smallest absolute Gasteiger partial charge is 0.246 e. The highest BCUT2D eigenvalue weighted by atomic mass is 16.1. The molecule has 0 aromatic rings. The molecular weight excluding hydrogens is 138 g/mol. The number of carbonyl (C=O) groups is 1. The maximum Gasteiger partial charge on any atom is 0.246 e. The van der Waals surface area contributed by atoms with Gasteiger partial charge in [-0.05, 0) is 27.2 Å². The van der Waals surface area contributed by atoms with Gasteiger partial charge in [-0.2, -0.15) is 0 Å².